The molecule has 5 nitrogen and oxygen atoms in total. The lowest BCUT2D eigenvalue weighted by Crippen LogP contribution is -1.98. The van der Waals surface area contributed by atoms with Crippen LogP contribution in [0.2, 0.25) is 0 Å². The van der Waals surface area contributed by atoms with E-state index in [1.165, 1.54) is 18.7 Å². The van der Waals surface area contributed by atoms with Crippen molar-refractivity contribution in [1.29, 1.82) is 0 Å². The second-order valence-electron chi connectivity index (χ2n) is 1.74. The summed E-state index contributed by atoms with van der Waals surface area (Å²) < 4.78 is 0. The lowest BCUT2D eigenvalue weighted by molar-refractivity contribution is -0.496. The lowest BCUT2D eigenvalue weighted by Gasteiger charge is -1.89. The highest BCUT2D eigenvalue weighted by Gasteiger charge is 1.98. The standard InChI is InChI=1S/C5H5N3O2/c9-8(10)3-5-1-6-4-7-2-5/h1-2,4H,3H2. The SMILES string of the molecule is O=[N+]([O-])Cc1cncnc1. The average Bonchev–Trinajstić information content (AvgIpc) is 1.88. The monoisotopic (exact) mass is 139 g/mol. The summed E-state index contributed by atoms with van der Waals surface area (Å²) in [5, 5.41) is 9.92. The number of aromatic nitrogens is 2. The van der Waals surface area contributed by atoms with Gasteiger partial charge in [-0.05, 0) is 0 Å². The van der Waals surface area contributed by atoms with Crippen LogP contribution in [0.1, 0.15) is 5.56 Å². The molecule has 10 heavy (non-hydrogen) atoms. The van der Waals surface area contributed by atoms with Crippen LogP contribution >= 0.6 is 0 Å². The maximum absolute atomic E-state index is 9.92. The minimum absolute atomic E-state index is 0.208. The zero-order valence-corrected chi connectivity index (χ0v) is 5.10. The Hall–Kier alpha value is -1.52. The quantitative estimate of drug-likeness (QED) is 0.435. The molecule has 0 aromatic carbocycles. The van der Waals surface area contributed by atoms with Gasteiger partial charge in [0, 0.05) is 17.3 Å². The van der Waals surface area contributed by atoms with Gasteiger partial charge in [0.05, 0.1) is 5.56 Å². The van der Waals surface area contributed by atoms with Gasteiger partial charge < -0.3 is 0 Å². The van der Waals surface area contributed by atoms with Crippen molar-refractivity contribution in [3.05, 3.63) is 34.4 Å². The van der Waals surface area contributed by atoms with Crippen LogP contribution in [0, 0.1) is 10.1 Å². The summed E-state index contributed by atoms with van der Waals surface area (Å²) in [6, 6.07) is 0. The molecule has 0 saturated carbocycles. The lowest BCUT2D eigenvalue weighted by atomic mass is 10.3. The molecule has 0 fully saturated rings. The van der Waals surface area contributed by atoms with Crippen molar-refractivity contribution in [3.63, 3.8) is 0 Å². The molecule has 0 radical (unpaired) electrons. The van der Waals surface area contributed by atoms with E-state index in [0.29, 0.717) is 5.56 Å². The Morgan fingerprint density at radius 3 is 2.60 bits per heavy atom. The van der Waals surface area contributed by atoms with Gasteiger partial charge in [-0.15, -0.1) is 0 Å². The Morgan fingerprint density at radius 2 is 2.10 bits per heavy atom. The van der Waals surface area contributed by atoms with E-state index in [1.807, 2.05) is 0 Å². The molecule has 5 heteroatoms. The highest BCUT2D eigenvalue weighted by atomic mass is 16.6. The van der Waals surface area contributed by atoms with Crippen LogP contribution in [0.25, 0.3) is 0 Å². The summed E-state index contributed by atoms with van der Waals surface area (Å²) in [7, 11) is 0. The summed E-state index contributed by atoms with van der Waals surface area (Å²) in [5.41, 5.74) is 0.521. The van der Waals surface area contributed by atoms with E-state index in [9.17, 15) is 10.1 Å². The van der Waals surface area contributed by atoms with Crippen LogP contribution in [0.4, 0.5) is 0 Å². The summed E-state index contributed by atoms with van der Waals surface area (Å²) >= 11 is 0. The average molecular weight is 139 g/mol. The van der Waals surface area contributed by atoms with Crippen LogP contribution in [-0.2, 0) is 6.54 Å². The zero-order chi connectivity index (χ0) is 7.40. The zero-order valence-electron chi connectivity index (χ0n) is 5.10. The Labute approximate surface area is 56.9 Å². The van der Waals surface area contributed by atoms with E-state index in [2.05, 4.69) is 9.97 Å². The summed E-state index contributed by atoms with van der Waals surface area (Å²) in [6.45, 7) is -0.208. The van der Waals surface area contributed by atoms with Crippen molar-refractivity contribution >= 4 is 0 Å². The Morgan fingerprint density at radius 1 is 1.50 bits per heavy atom. The van der Waals surface area contributed by atoms with Gasteiger partial charge in [-0.3, -0.25) is 10.1 Å². The first kappa shape index (κ1) is 6.60. The predicted octanol–water partition coefficient (Wildman–Crippen LogP) is 0.253. The molecule has 0 spiro atoms. The van der Waals surface area contributed by atoms with Crippen LogP contribution < -0.4 is 0 Å². The summed E-state index contributed by atoms with van der Waals surface area (Å²) in [6.07, 6.45) is 4.19. The molecule has 52 valence electrons. The molecule has 0 saturated heterocycles. The van der Waals surface area contributed by atoms with Crippen LogP contribution in [0.3, 0.4) is 0 Å². The van der Waals surface area contributed by atoms with Gasteiger partial charge in [0.15, 0.2) is 0 Å². The van der Waals surface area contributed by atoms with Crippen molar-refractivity contribution in [2.45, 2.75) is 6.54 Å². The van der Waals surface area contributed by atoms with Crippen molar-refractivity contribution in [2.24, 2.45) is 0 Å². The second-order valence-corrected chi connectivity index (χ2v) is 1.74. The van der Waals surface area contributed by atoms with Crippen molar-refractivity contribution in [2.75, 3.05) is 0 Å². The molecule has 1 heterocycles. The van der Waals surface area contributed by atoms with Gasteiger partial charge in [0.25, 0.3) is 0 Å². The van der Waals surface area contributed by atoms with Crippen LogP contribution in [-0.4, -0.2) is 14.9 Å². The fourth-order valence-corrected chi connectivity index (χ4v) is 0.561. The molecule has 1 rings (SSSR count). The molecule has 0 aliphatic carbocycles. The third kappa shape index (κ3) is 1.77. The van der Waals surface area contributed by atoms with Crippen molar-refractivity contribution in [1.82, 2.24) is 9.97 Å². The maximum atomic E-state index is 9.92. The molecule has 1 aromatic heterocycles. The smallest absolute Gasteiger partial charge is 0.231 e. The Kier molecular flexibility index (Phi) is 1.89. The highest BCUT2D eigenvalue weighted by Crippen LogP contribution is 1.93. The molecule has 0 N–H and O–H groups in total. The fraction of sp³-hybridized carbons (Fsp3) is 0.200. The van der Waals surface area contributed by atoms with Gasteiger partial charge >= 0.3 is 0 Å². The number of hydrogen-bond donors (Lipinski definition) is 0. The molecule has 0 aliphatic rings. The molecule has 0 amide bonds. The van der Waals surface area contributed by atoms with E-state index in [4.69, 9.17) is 0 Å². The Balaban J connectivity index is 2.67. The Bertz CT molecular complexity index is 224. The maximum Gasteiger partial charge on any atom is 0.231 e. The number of rotatable bonds is 2. The third-order valence-electron chi connectivity index (χ3n) is 0.926. The molecule has 0 bridgehead atoms. The fourth-order valence-electron chi connectivity index (χ4n) is 0.561. The first-order valence-corrected chi connectivity index (χ1v) is 2.65. The highest BCUT2D eigenvalue weighted by molar-refractivity contribution is 4.99. The molecule has 0 atom stereocenters. The van der Waals surface area contributed by atoms with Gasteiger partial charge in [-0.2, -0.15) is 0 Å². The second kappa shape index (κ2) is 2.86. The molecule has 1 aromatic rings. The third-order valence-corrected chi connectivity index (χ3v) is 0.926. The predicted molar refractivity (Wildman–Crippen MR) is 32.7 cm³/mol. The van der Waals surface area contributed by atoms with Gasteiger partial charge in [-0.25, -0.2) is 9.97 Å². The van der Waals surface area contributed by atoms with Gasteiger partial charge in [0.1, 0.15) is 6.33 Å². The molecule has 0 unspecified atom stereocenters. The first-order valence-electron chi connectivity index (χ1n) is 2.65. The van der Waals surface area contributed by atoms with Crippen molar-refractivity contribution < 1.29 is 4.92 Å². The number of nitrogens with zero attached hydrogens (tertiary/aromatic N) is 3. The van der Waals surface area contributed by atoms with E-state index in [1.54, 1.807) is 0 Å². The first-order chi connectivity index (χ1) is 4.79. The van der Waals surface area contributed by atoms with E-state index < -0.39 is 4.92 Å². The van der Waals surface area contributed by atoms with E-state index in [0.717, 1.165) is 0 Å². The van der Waals surface area contributed by atoms with Gasteiger partial charge in [-0.1, -0.05) is 0 Å². The molecule has 0 aliphatic heterocycles. The normalized spacial score (nSPS) is 9.20. The molecular weight excluding hydrogens is 134 g/mol. The number of nitro groups is 1. The van der Waals surface area contributed by atoms with E-state index in [-0.39, 0.29) is 6.54 Å². The van der Waals surface area contributed by atoms with Gasteiger partial charge in [0.2, 0.25) is 6.54 Å². The molecular formula is C5H5N3O2. The summed E-state index contributed by atoms with van der Waals surface area (Å²) in [5.74, 6) is 0. The van der Waals surface area contributed by atoms with Crippen molar-refractivity contribution in [3.8, 4) is 0 Å². The van der Waals surface area contributed by atoms with E-state index >= 15 is 0 Å². The van der Waals surface area contributed by atoms with Crippen LogP contribution in [0.15, 0.2) is 18.7 Å². The minimum Gasteiger partial charge on any atom is -0.264 e. The minimum atomic E-state index is -0.418. The number of hydrogen-bond acceptors (Lipinski definition) is 4. The summed E-state index contributed by atoms with van der Waals surface area (Å²) in [4.78, 5) is 16.7. The van der Waals surface area contributed by atoms with Crippen LogP contribution in [0.5, 0.6) is 0 Å². The largest absolute Gasteiger partial charge is 0.264 e. The topological polar surface area (TPSA) is 68.9 Å².